The highest BCUT2D eigenvalue weighted by Crippen LogP contribution is 2.10. The second kappa shape index (κ2) is 10.1. The van der Waals surface area contributed by atoms with Crippen molar-refractivity contribution in [2.45, 2.75) is 12.5 Å². The van der Waals surface area contributed by atoms with Crippen LogP contribution in [0.15, 0.2) is 24.3 Å². The largest absolute Gasteiger partial charge is 0.508 e. The third-order valence-corrected chi connectivity index (χ3v) is 1.71. The average molecular weight is 377 g/mol. The number of carbonyl (C=O) groups is 1. The maximum atomic E-state index is 10.4. The van der Waals surface area contributed by atoms with E-state index in [1.807, 2.05) is 0 Å². The van der Waals surface area contributed by atoms with Gasteiger partial charge in [-0.15, -0.1) is 0 Å². The number of carboxylic acid groups (broad SMARTS) is 1. The summed E-state index contributed by atoms with van der Waals surface area (Å²) in [5.41, 5.74) is 6.12. The van der Waals surface area contributed by atoms with E-state index in [2.05, 4.69) is 0 Å². The number of phenolic OH excluding ortho intramolecular Hbond substituents is 1. The van der Waals surface area contributed by atoms with E-state index >= 15 is 0 Å². The molecule has 8 N–H and O–H groups in total. The molecule has 12 nitrogen and oxygen atoms in total. The van der Waals surface area contributed by atoms with Crippen LogP contribution in [-0.4, -0.2) is 57.3 Å². The predicted molar refractivity (Wildman–Crippen MR) is 75.8 cm³/mol. The zero-order chi connectivity index (χ0) is 18.8. The van der Waals surface area contributed by atoms with Gasteiger partial charge < -0.3 is 15.9 Å². The van der Waals surface area contributed by atoms with E-state index < -0.39 is 32.8 Å². The number of rotatable bonds is 3. The van der Waals surface area contributed by atoms with Gasteiger partial charge in [0.1, 0.15) is 11.8 Å². The first-order valence-electron chi connectivity index (χ1n) is 5.25. The van der Waals surface area contributed by atoms with Gasteiger partial charge in [0.2, 0.25) is 0 Å². The third kappa shape index (κ3) is 25.5. The second-order valence-corrected chi connectivity index (χ2v) is 5.50. The highest BCUT2D eigenvalue weighted by molar-refractivity contribution is 7.80. The molecule has 23 heavy (non-hydrogen) atoms. The number of phenols is 1. The van der Waals surface area contributed by atoms with Crippen LogP contribution in [0.2, 0.25) is 0 Å². The molecule has 1 aromatic carbocycles. The van der Waals surface area contributed by atoms with E-state index in [1.54, 1.807) is 12.1 Å². The molecule has 0 heterocycles. The molecule has 1 unspecified atom stereocenters. The number of hydrogen-bond donors (Lipinski definition) is 7. The Morgan fingerprint density at radius 3 is 1.52 bits per heavy atom. The van der Waals surface area contributed by atoms with Crippen LogP contribution in [0.4, 0.5) is 0 Å². The summed E-state index contributed by atoms with van der Waals surface area (Å²) >= 11 is 0. The van der Waals surface area contributed by atoms with Crippen LogP contribution in [-0.2, 0) is 32.0 Å². The fourth-order valence-corrected chi connectivity index (χ4v) is 0.973. The lowest BCUT2D eigenvalue weighted by atomic mass is 10.1. The van der Waals surface area contributed by atoms with Gasteiger partial charge in [-0.05, 0) is 24.1 Å². The summed E-state index contributed by atoms with van der Waals surface area (Å²) in [4.78, 5) is 10.4. The summed E-state index contributed by atoms with van der Waals surface area (Å²) < 4.78 is 63.2. The van der Waals surface area contributed by atoms with Gasteiger partial charge in [-0.2, -0.15) is 16.8 Å². The van der Waals surface area contributed by atoms with E-state index in [4.69, 9.17) is 51.0 Å². The van der Waals surface area contributed by atoms with E-state index in [-0.39, 0.29) is 12.2 Å². The molecule has 1 aromatic rings. The van der Waals surface area contributed by atoms with Crippen molar-refractivity contribution in [3.8, 4) is 5.75 Å². The van der Waals surface area contributed by atoms with Gasteiger partial charge in [-0.1, -0.05) is 12.1 Å². The van der Waals surface area contributed by atoms with Crippen LogP contribution < -0.4 is 5.73 Å². The Morgan fingerprint density at radius 1 is 0.957 bits per heavy atom. The molecule has 134 valence electrons. The lowest BCUT2D eigenvalue weighted by molar-refractivity contribution is -0.138. The second-order valence-electron chi connectivity index (χ2n) is 3.71. The van der Waals surface area contributed by atoms with Crippen molar-refractivity contribution in [1.82, 2.24) is 0 Å². The zero-order valence-electron chi connectivity index (χ0n) is 11.2. The summed E-state index contributed by atoms with van der Waals surface area (Å²) in [7, 11) is -9.33. The molecular formula is C9H15NO11S2. The van der Waals surface area contributed by atoms with Crippen molar-refractivity contribution in [2.75, 3.05) is 0 Å². The Morgan fingerprint density at radius 2 is 1.26 bits per heavy atom. The van der Waals surface area contributed by atoms with Crippen molar-refractivity contribution >= 4 is 26.8 Å². The molecule has 14 heteroatoms. The Hall–Kier alpha value is -1.81. The Labute approximate surface area is 131 Å². The quantitative estimate of drug-likeness (QED) is 0.315. The minimum atomic E-state index is -4.67. The molecule has 0 amide bonds. The molecular weight excluding hydrogens is 362 g/mol. The lowest BCUT2D eigenvalue weighted by Crippen LogP contribution is -2.32. The molecule has 0 aliphatic heterocycles. The van der Waals surface area contributed by atoms with E-state index in [0.29, 0.717) is 0 Å². The van der Waals surface area contributed by atoms with Gasteiger partial charge in [0.05, 0.1) is 0 Å². The molecule has 0 spiro atoms. The fourth-order valence-electron chi connectivity index (χ4n) is 0.973. The molecule has 0 aromatic heterocycles. The van der Waals surface area contributed by atoms with Crippen LogP contribution in [0.3, 0.4) is 0 Å². The van der Waals surface area contributed by atoms with Gasteiger partial charge in [0.25, 0.3) is 0 Å². The monoisotopic (exact) mass is 377 g/mol. The van der Waals surface area contributed by atoms with Crippen LogP contribution in [0.25, 0.3) is 0 Å². The molecule has 0 bridgehead atoms. The molecule has 1 atom stereocenters. The molecule has 0 aliphatic rings. The van der Waals surface area contributed by atoms with Crippen molar-refractivity contribution in [3.05, 3.63) is 29.8 Å². The average Bonchev–Trinajstić information content (AvgIpc) is 2.27. The van der Waals surface area contributed by atoms with Crippen LogP contribution in [0.5, 0.6) is 5.75 Å². The summed E-state index contributed by atoms with van der Waals surface area (Å²) in [6.45, 7) is 0. The van der Waals surface area contributed by atoms with Gasteiger partial charge in [-0.3, -0.25) is 23.0 Å². The normalized spacial score (nSPS) is 12.0. The topological polar surface area (TPSA) is 233 Å². The molecule has 0 radical (unpaired) electrons. The smallest absolute Gasteiger partial charge is 0.394 e. The standard InChI is InChI=1S/C9H11NO3.2H2O4S/c10-8(9(12)13)5-6-1-3-7(11)4-2-6;2*1-5(2,3)4/h1-4,8,11H,5,10H2,(H,12,13);2*(H2,1,2,3,4). The first kappa shape index (κ1) is 23.5. The number of hydrogen-bond acceptors (Lipinski definition) is 7. The van der Waals surface area contributed by atoms with Gasteiger partial charge in [-0.25, -0.2) is 0 Å². The Balaban J connectivity index is 0. The predicted octanol–water partition coefficient (Wildman–Crippen LogP) is -0.959. The van der Waals surface area contributed by atoms with Gasteiger partial charge in [0.15, 0.2) is 0 Å². The lowest BCUT2D eigenvalue weighted by Gasteiger charge is -2.05. The number of aromatic hydroxyl groups is 1. The Kier molecular flexibility index (Phi) is 10.3. The fraction of sp³-hybridized carbons (Fsp3) is 0.222. The van der Waals surface area contributed by atoms with Crippen molar-refractivity contribution < 1.29 is 50.1 Å². The summed E-state index contributed by atoms with van der Waals surface area (Å²) in [5, 5.41) is 17.5. The van der Waals surface area contributed by atoms with Crippen molar-refractivity contribution in [1.29, 1.82) is 0 Å². The molecule has 0 saturated heterocycles. The molecule has 0 aliphatic carbocycles. The molecule has 0 saturated carbocycles. The molecule has 1 rings (SSSR count). The van der Waals surface area contributed by atoms with E-state index in [1.165, 1.54) is 12.1 Å². The minimum Gasteiger partial charge on any atom is -0.508 e. The highest BCUT2D eigenvalue weighted by Gasteiger charge is 2.11. The van der Waals surface area contributed by atoms with Crippen LogP contribution in [0, 0.1) is 0 Å². The van der Waals surface area contributed by atoms with Crippen LogP contribution >= 0.6 is 0 Å². The van der Waals surface area contributed by atoms with Crippen molar-refractivity contribution in [3.63, 3.8) is 0 Å². The number of aliphatic carboxylic acids is 1. The summed E-state index contributed by atoms with van der Waals surface area (Å²) in [5.74, 6) is -0.860. The maximum absolute atomic E-state index is 10.4. The third-order valence-electron chi connectivity index (χ3n) is 1.71. The first-order valence-corrected chi connectivity index (χ1v) is 8.05. The SMILES string of the molecule is NC(Cc1ccc(O)cc1)C(=O)O.O=S(=O)(O)O.O=S(=O)(O)O. The Bertz CT molecular complexity index is 635. The maximum Gasteiger partial charge on any atom is 0.394 e. The van der Waals surface area contributed by atoms with Gasteiger partial charge >= 0.3 is 26.8 Å². The van der Waals surface area contributed by atoms with E-state index in [0.717, 1.165) is 5.56 Å². The summed E-state index contributed by atoms with van der Waals surface area (Å²) in [6, 6.07) is 5.42. The first-order chi connectivity index (χ1) is 10.1. The van der Waals surface area contributed by atoms with E-state index in [9.17, 15) is 4.79 Å². The highest BCUT2D eigenvalue weighted by atomic mass is 32.3. The number of carboxylic acids is 1. The van der Waals surface area contributed by atoms with Crippen molar-refractivity contribution in [2.24, 2.45) is 5.73 Å². The number of nitrogens with two attached hydrogens (primary N) is 1. The number of benzene rings is 1. The minimum absolute atomic E-state index is 0.160. The summed E-state index contributed by atoms with van der Waals surface area (Å²) in [6.07, 6.45) is 0.273. The zero-order valence-corrected chi connectivity index (χ0v) is 12.8. The molecule has 0 fully saturated rings. The van der Waals surface area contributed by atoms with Gasteiger partial charge in [0, 0.05) is 0 Å². The van der Waals surface area contributed by atoms with Crippen LogP contribution in [0.1, 0.15) is 5.56 Å².